The third-order valence-corrected chi connectivity index (χ3v) is 5.34. The Balaban J connectivity index is 2.76. The van der Waals surface area contributed by atoms with E-state index in [0.717, 1.165) is 11.8 Å². The molecule has 12 heavy (non-hydrogen) atoms. The van der Waals surface area contributed by atoms with Gasteiger partial charge in [-0.1, -0.05) is 57.0 Å². The fraction of sp³-hybridized carbons (Fsp3) is 1.00. The van der Waals surface area contributed by atoms with Gasteiger partial charge in [-0.2, -0.15) is 0 Å². The van der Waals surface area contributed by atoms with Gasteiger partial charge in [-0.3, -0.25) is 0 Å². The quantitative estimate of drug-likeness (QED) is 0.644. The molecule has 0 bridgehead atoms. The van der Waals surface area contributed by atoms with E-state index in [1.807, 2.05) is 0 Å². The maximum atomic E-state index is 3.62. The Labute approximate surface area is 85.3 Å². The van der Waals surface area contributed by atoms with Gasteiger partial charge in [0.1, 0.15) is 0 Å². The van der Waals surface area contributed by atoms with Gasteiger partial charge in [-0.25, -0.2) is 0 Å². The second-order valence-electron chi connectivity index (χ2n) is 5.02. The highest BCUT2D eigenvalue weighted by atomic mass is 79.9. The summed E-state index contributed by atoms with van der Waals surface area (Å²) in [7, 11) is 0. The van der Waals surface area contributed by atoms with Crippen LogP contribution in [-0.4, -0.2) is 5.33 Å². The number of halogens is 1. The topological polar surface area (TPSA) is 0 Å². The minimum absolute atomic E-state index is 0.548. The van der Waals surface area contributed by atoms with Crippen molar-refractivity contribution in [3.63, 3.8) is 0 Å². The predicted molar refractivity (Wildman–Crippen MR) is 58.6 cm³/mol. The van der Waals surface area contributed by atoms with Crippen molar-refractivity contribution in [2.45, 2.75) is 41.0 Å². The van der Waals surface area contributed by atoms with Gasteiger partial charge in [0.2, 0.25) is 0 Å². The van der Waals surface area contributed by atoms with Crippen LogP contribution in [0.3, 0.4) is 0 Å². The van der Waals surface area contributed by atoms with Crippen LogP contribution in [0.25, 0.3) is 0 Å². The zero-order valence-electron chi connectivity index (χ0n) is 8.95. The van der Waals surface area contributed by atoms with Gasteiger partial charge < -0.3 is 0 Å². The van der Waals surface area contributed by atoms with Gasteiger partial charge in [0, 0.05) is 5.33 Å². The molecule has 0 aromatic heterocycles. The summed E-state index contributed by atoms with van der Waals surface area (Å²) in [6.45, 7) is 12.0. The van der Waals surface area contributed by atoms with Gasteiger partial charge in [0.15, 0.2) is 0 Å². The van der Waals surface area contributed by atoms with E-state index >= 15 is 0 Å². The average molecular weight is 233 g/mol. The number of hydrogen-bond donors (Lipinski definition) is 0. The molecule has 1 aliphatic carbocycles. The molecular formula is C11H21Br. The largest absolute Gasteiger partial charge is 0.0925 e. The summed E-state index contributed by atoms with van der Waals surface area (Å²) < 4.78 is 0. The Morgan fingerprint density at radius 2 is 1.83 bits per heavy atom. The van der Waals surface area contributed by atoms with Crippen molar-refractivity contribution in [1.82, 2.24) is 0 Å². The molecule has 0 aromatic rings. The SMILES string of the molecule is CCC(C)C1(C)C(CBr)C1(C)C. The molecule has 0 heterocycles. The van der Waals surface area contributed by atoms with E-state index in [4.69, 9.17) is 0 Å². The van der Waals surface area contributed by atoms with Crippen LogP contribution in [-0.2, 0) is 0 Å². The number of alkyl halides is 1. The number of rotatable bonds is 3. The molecule has 3 atom stereocenters. The molecule has 1 fully saturated rings. The van der Waals surface area contributed by atoms with Crippen molar-refractivity contribution in [3.8, 4) is 0 Å². The van der Waals surface area contributed by atoms with Gasteiger partial charge in [-0.05, 0) is 22.7 Å². The van der Waals surface area contributed by atoms with Crippen molar-refractivity contribution < 1.29 is 0 Å². The van der Waals surface area contributed by atoms with Crippen molar-refractivity contribution in [2.75, 3.05) is 5.33 Å². The van der Waals surface area contributed by atoms with Crippen molar-refractivity contribution in [1.29, 1.82) is 0 Å². The molecule has 0 N–H and O–H groups in total. The van der Waals surface area contributed by atoms with Crippen LogP contribution in [0.1, 0.15) is 41.0 Å². The molecule has 0 radical (unpaired) electrons. The molecule has 72 valence electrons. The maximum absolute atomic E-state index is 3.62. The highest BCUT2D eigenvalue weighted by Crippen LogP contribution is 2.72. The third kappa shape index (κ3) is 1.08. The maximum Gasteiger partial charge on any atom is 0.00704 e. The van der Waals surface area contributed by atoms with Crippen molar-refractivity contribution in [2.24, 2.45) is 22.7 Å². The summed E-state index contributed by atoms with van der Waals surface area (Å²) in [6.07, 6.45) is 1.31. The van der Waals surface area contributed by atoms with E-state index in [0.29, 0.717) is 10.8 Å². The minimum atomic E-state index is 0.548. The molecule has 1 heteroatoms. The molecule has 1 rings (SSSR count). The zero-order valence-corrected chi connectivity index (χ0v) is 10.5. The van der Waals surface area contributed by atoms with Gasteiger partial charge in [-0.15, -0.1) is 0 Å². The predicted octanol–water partition coefficient (Wildman–Crippen LogP) is 4.09. The molecule has 0 spiro atoms. The standard InChI is InChI=1S/C11H21Br/c1-6-8(2)11(5)9(7-12)10(11,3)4/h8-9H,6-7H2,1-5H3. The van der Waals surface area contributed by atoms with Crippen LogP contribution in [0.2, 0.25) is 0 Å². The molecule has 0 aromatic carbocycles. The lowest BCUT2D eigenvalue weighted by Crippen LogP contribution is -2.14. The van der Waals surface area contributed by atoms with Crippen LogP contribution in [0.4, 0.5) is 0 Å². The first-order chi connectivity index (χ1) is 5.42. The summed E-state index contributed by atoms with van der Waals surface area (Å²) in [6, 6.07) is 0. The molecule has 0 aliphatic heterocycles. The smallest absolute Gasteiger partial charge is 0.00704 e. The highest BCUT2D eigenvalue weighted by Gasteiger charge is 2.68. The lowest BCUT2D eigenvalue weighted by atomic mass is 9.83. The Morgan fingerprint density at radius 3 is 2.08 bits per heavy atom. The first-order valence-electron chi connectivity index (χ1n) is 4.98. The molecule has 0 nitrogen and oxygen atoms in total. The second kappa shape index (κ2) is 3.01. The van der Waals surface area contributed by atoms with Gasteiger partial charge >= 0.3 is 0 Å². The summed E-state index contributed by atoms with van der Waals surface area (Å²) in [5.41, 5.74) is 1.12. The Morgan fingerprint density at radius 1 is 1.33 bits per heavy atom. The van der Waals surface area contributed by atoms with Crippen LogP contribution >= 0.6 is 15.9 Å². The summed E-state index contributed by atoms with van der Waals surface area (Å²) in [5, 5.41) is 1.17. The van der Waals surface area contributed by atoms with Crippen LogP contribution in [0, 0.1) is 22.7 Å². The average Bonchev–Trinajstić information content (AvgIpc) is 2.46. The monoisotopic (exact) mass is 232 g/mol. The lowest BCUT2D eigenvalue weighted by Gasteiger charge is -2.22. The van der Waals surface area contributed by atoms with E-state index in [2.05, 4.69) is 50.5 Å². The minimum Gasteiger partial charge on any atom is -0.0925 e. The molecular weight excluding hydrogens is 212 g/mol. The third-order valence-electron chi connectivity index (χ3n) is 4.69. The summed E-state index contributed by atoms with van der Waals surface area (Å²) in [5.74, 6) is 1.73. The molecule has 0 amide bonds. The van der Waals surface area contributed by atoms with Crippen LogP contribution < -0.4 is 0 Å². The van der Waals surface area contributed by atoms with Crippen molar-refractivity contribution in [3.05, 3.63) is 0 Å². The Hall–Kier alpha value is 0.480. The molecule has 1 saturated carbocycles. The summed E-state index contributed by atoms with van der Waals surface area (Å²) >= 11 is 3.62. The first-order valence-corrected chi connectivity index (χ1v) is 6.11. The highest BCUT2D eigenvalue weighted by molar-refractivity contribution is 9.09. The summed E-state index contributed by atoms with van der Waals surface area (Å²) in [4.78, 5) is 0. The second-order valence-corrected chi connectivity index (χ2v) is 5.67. The fourth-order valence-corrected chi connectivity index (χ4v) is 4.38. The van der Waals surface area contributed by atoms with E-state index in [1.165, 1.54) is 11.8 Å². The normalized spacial score (nSPS) is 41.0. The van der Waals surface area contributed by atoms with E-state index in [1.54, 1.807) is 0 Å². The van der Waals surface area contributed by atoms with E-state index < -0.39 is 0 Å². The Bertz CT molecular complexity index is 174. The molecule has 0 saturated heterocycles. The first kappa shape index (κ1) is 10.6. The van der Waals surface area contributed by atoms with Crippen LogP contribution in [0.5, 0.6) is 0 Å². The fourth-order valence-electron chi connectivity index (χ4n) is 2.89. The van der Waals surface area contributed by atoms with Gasteiger partial charge in [0.05, 0.1) is 0 Å². The lowest BCUT2D eigenvalue weighted by molar-refractivity contribution is 0.276. The van der Waals surface area contributed by atoms with Crippen molar-refractivity contribution >= 4 is 15.9 Å². The van der Waals surface area contributed by atoms with E-state index in [9.17, 15) is 0 Å². The Kier molecular flexibility index (Phi) is 2.65. The number of hydrogen-bond acceptors (Lipinski definition) is 0. The van der Waals surface area contributed by atoms with Crippen LogP contribution in [0.15, 0.2) is 0 Å². The molecule has 3 unspecified atom stereocenters. The van der Waals surface area contributed by atoms with E-state index in [-0.39, 0.29) is 0 Å². The van der Waals surface area contributed by atoms with Gasteiger partial charge in [0.25, 0.3) is 0 Å². The molecule has 1 aliphatic rings. The zero-order chi connectivity index (χ0) is 9.57.